The van der Waals surface area contributed by atoms with Gasteiger partial charge in [-0.15, -0.1) is 0 Å². The van der Waals surface area contributed by atoms with E-state index in [0.717, 1.165) is 24.6 Å². The van der Waals surface area contributed by atoms with Gasteiger partial charge in [0.1, 0.15) is 0 Å². The van der Waals surface area contributed by atoms with Crippen molar-refractivity contribution in [2.45, 2.75) is 25.5 Å². The van der Waals surface area contributed by atoms with Crippen molar-refractivity contribution >= 4 is 5.95 Å². The Morgan fingerprint density at radius 3 is 2.71 bits per heavy atom. The molecule has 2 heterocycles. The SMILES string of the molecule is CN(C)C1CCCN(c2ncc(CO)cn2)C1. The summed E-state index contributed by atoms with van der Waals surface area (Å²) in [6.07, 6.45) is 5.80. The van der Waals surface area contributed by atoms with Gasteiger partial charge in [0.05, 0.1) is 6.61 Å². The summed E-state index contributed by atoms with van der Waals surface area (Å²) < 4.78 is 0. The molecule has 1 aliphatic rings. The van der Waals surface area contributed by atoms with E-state index in [0.29, 0.717) is 6.04 Å². The van der Waals surface area contributed by atoms with Crippen LogP contribution in [0.4, 0.5) is 5.95 Å². The smallest absolute Gasteiger partial charge is 0.225 e. The topological polar surface area (TPSA) is 52.5 Å². The van der Waals surface area contributed by atoms with E-state index in [2.05, 4.69) is 33.9 Å². The van der Waals surface area contributed by atoms with Crippen molar-refractivity contribution in [3.63, 3.8) is 0 Å². The zero-order valence-corrected chi connectivity index (χ0v) is 10.5. The summed E-state index contributed by atoms with van der Waals surface area (Å²) in [5.41, 5.74) is 0.759. The van der Waals surface area contributed by atoms with Gasteiger partial charge in [-0.25, -0.2) is 9.97 Å². The van der Waals surface area contributed by atoms with Crippen molar-refractivity contribution < 1.29 is 5.11 Å². The van der Waals surface area contributed by atoms with Gasteiger partial charge < -0.3 is 14.9 Å². The third-order valence-corrected chi connectivity index (χ3v) is 3.28. The van der Waals surface area contributed by atoms with Gasteiger partial charge in [0.2, 0.25) is 5.95 Å². The van der Waals surface area contributed by atoms with Crippen molar-refractivity contribution in [2.24, 2.45) is 0 Å². The van der Waals surface area contributed by atoms with Crippen LogP contribution in [-0.4, -0.2) is 53.2 Å². The molecule has 0 amide bonds. The van der Waals surface area contributed by atoms with E-state index in [-0.39, 0.29) is 6.61 Å². The molecule has 0 aromatic carbocycles. The molecule has 1 fully saturated rings. The van der Waals surface area contributed by atoms with E-state index in [1.807, 2.05) is 0 Å². The maximum absolute atomic E-state index is 8.95. The monoisotopic (exact) mass is 236 g/mol. The van der Waals surface area contributed by atoms with Crippen LogP contribution in [0.3, 0.4) is 0 Å². The number of anilines is 1. The molecule has 1 aromatic rings. The van der Waals surface area contributed by atoms with Crippen LogP contribution < -0.4 is 4.90 Å². The molecule has 1 aliphatic heterocycles. The summed E-state index contributed by atoms with van der Waals surface area (Å²) in [7, 11) is 4.23. The molecular formula is C12H20N4O. The van der Waals surface area contributed by atoms with Crippen LogP contribution in [0.1, 0.15) is 18.4 Å². The number of piperidine rings is 1. The maximum atomic E-state index is 8.95. The number of hydrogen-bond acceptors (Lipinski definition) is 5. The molecule has 0 radical (unpaired) electrons. The van der Waals surface area contributed by atoms with E-state index in [1.165, 1.54) is 12.8 Å². The van der Waals surface area contributed by atoms with Gasteiger partial charge in [0.15, 0.2) is 0 Å². The fourth-order valence-electron chi connectivity index (χ4n) is 2.15. The lowest BCUT2D eigenvalue weighted by Gasteiger charge is -2.36. The van der Waals surface area contributed by atoms with E-state index < -0.39 is 0 Å². The van der Waals surface area contributed by atoms with Gasteiger partial charge in [-0.2, -0.15) is 0 Å². The van der Waals surface area contributed by atoms with E-state index >= 15 is 0 Å². The minimum atomic E-state index is 0.000598. The first-order chi connectivity index (χ1) is 8.20. The largest absolute Gasteiger partial charge is 0.392 e. The van der Waals surface area contributed by atoms with Gasteiger partial charge in [0, 0.05) is 37.1 Å². The van der Waals surface area contributed by atoms with Crippen molar-refractivity contribution in [3.05, 3.63) is 18.0 Å². The lowest BCUT2D eigenvalue weighted by molar-refractivity contribution is 0.256. The minimum Gasteiger partial charge on any atom is -0.392 e. The Kier molecular flexibility index (Phi) is 3.91. The second-order valence-electron chi connectivity index (χ2n) is 4.76. The quantitative estimate of drug-likeness (QED) is 0.828. The second-order valence-corrected chi connectivity index (χ2v) is 4.76. The lowest BCUT2D eigenvalue weighted by atomic mass is 10.1. The van der Waals surface area contributed by atoms with Crippen LogP contribution in [-0.2, 0) is 6.61 Å². The van der Waals surface area contributed by atoms with Crippen molar-refractivity contribution in [3.8, 4) is 0 Å². The van der Waals surface area contributed by atoms with Gasteiger partial charge in [-0.05, 0) is 26.9 Å². The van der Waals surface area contributed by atoms with Gasteiger partial charge in [0.25, 0.3) is 0 Å². The fourth-order valence-corrected chi connectivity index (χ4v) is 2.15. The third kappa shape index (κ3) is 2.92. The molecule has 0 bridgehead atoms. The summed E-state index contributed by atoms with van der Waals surface area (Å²) in [5.74, 6) is 0.772. The van der Waals surface area contributed by atoms with Crippen molar-refractivity contribution in [1.82, 2.24) is 14.9 Å². The summed E-state index contributed by atoms with van der Waals surface area (Å²) in [4.78, 5) is 13.1. The Morgan fingerprint density at radius 2 is 2.12 bits per heavy atom. The highest BCUT2D eigenvalue weighted by atomic mass is 16.3. The summed E-state index contributed by atoms with van der Waals surface area (Å²) in [6, 6.07) is 0.574. The molecule has 1 N–H and O–H groups in total. The predicted octanol–water partition coefficient (Wildman–Crippen LogP) is 0.499. The molecule has 17 heavy (non-hydrogen) atoms. The van der Waals surface area contributed by atoms with E-state index in [1.54, 1.807) is 12.4 Å². The number of likely N-dealkylation sites (N-methyl/N-ethyl adjacent to an activating group) is 1. The Labute approximate surface area is 102 Å². The average molecular weight is 236 g/mol. The molecule has 0 spiro atoms. The third-order valence-electron chi connectivity index (χ3n) is 3.28. The van der Waals surface area contributed by atoms with Crippen LogP contribution in [0.25, 0.3) is 0 Å². The minimum absolute atomic E-state index is 0.000598. The molecule has 5 heteroatoms. The van der Waals surface area contributed by atoms with Crippen molar-refractivity contribution in [2.75, 3.05) is 32.1 Å². The number of hydrogen-bond donors (Lipinski definition) is 1. The normalized spacial score (nSPS) is 20.9. The molecule has 1 saturated heterocycles. The van der Waals surface area contributed by atoms with Gasteiger partial charge >= 0.3 is 0 Å². The van der Waals surface area contributed by atoms with Crippen molar-refractivity contribution in [1.29, 1.82) is 0 Å². The zero-order chi connectivity index (χ0) is 12.3. The molecule has 1 unspecified atom stereocenters. The Balaban J connectivity index is 2.05. The molecule has 0 saturated carbocycles. The molecule has 1 aromatic heterocycles. The highest BCUT2D eigenvalue weighted by Crippen LogP contribution is 2.18. The molecule has 2 rings (SSSR count). The average Bonchev–Trinajstić information content (AvgIpc) is 2.39. The lowest BCUT2D eigenvalue weighted by Crippen LogP contribution is -2.45. The standard InChI is InChI=1S/C12H20N4O/c1-15(2)11-4-3-5-16(8-11)12-13-6-10(9-17)7-14-12/h6-7,11,17H,3-5,8-9H2,1-2H3. The van der Waals surface area contributed by atoms with Crippen LogP contribution in [0.15, 0.2) is 12.4 Å². The number of aromatic nitrogens is 2. The first-order valence-corrected chi connectivity index (χ1v) is 6.04. The molecule has 94 valence electrons. The Morgan fingerprint density at radius 1 is 1.41 bits per heavy atom. The van der Waals surface area contributed by atoms with E-state index in [4.69, 9.17) is 5.11 Å². The van der Waals surface area contributed by atoms with Crippen LogP contribution in [0.5, 0.6) is 0 Å². The highest BCUT2D eigenvalue weighted by molar-refractivity contribution is 5.31. The molecule has 0 aliphatic carbocycles. The highest BCUT2D eigenvalue weighted by Gasteiger charge is 2.22. The molecular weight excluding hydrogens is 216 g/mol. The number of aliphatic hydroxyl groups excluding tert-OH is 1. The van der Waals surface area contributed by atoms with Crippen LogP contribution in [0.2, 0.25) is 0 Å². The summed E-state index contributed by atoms with van der Waals surface area (Å²) >= 11 is 0. The summed E-state index contributed by atoms with van der Waals surface area (Å²) in [5, 5.41) is 8.95. The number of nitrogens with zero attached hydrogens (tertiary/aromatic N) is 4. The Bertz CT molecular complexity index is 352. The Hall–Kier alpha value is -1.20. The predicted molar refractivity (Wildman–Crippen MR) is 66.9 cm³/mol. The second kappa shape index (κ2) is 5.42. The maximum Gasteiger partial charge on any atom is 0.225 e. The van der Waals surface area contributed by atoms with Gasteiger partial charge in [-0.1, -0.05) is 0 Å². The first kappa shape index (κ1) is 12.3. The fraction of sp³-hybridized carbons (Fsp3) is 0.667. The van der Waals surface area contributed by atoms with Crippen LogP contribution >= 0.6 is 0 Å². The number of aliphatic hydroxyl groups is 1. The van der Waals surface area contributed by atoms with Crippen LogP contribution in [0, 0.1) is 0 Å². The molecule has 1 atom stereocenters. The zero-order valence-electron chi connectivity index (χ0n) is 10.5. The van der Waals surface area contributed by atoms with E-state index in [9.17, 15) is 0 Å². The first-order valence-electron chi connectivity index (χ1n) is 6.04. The molecule has 5 nitrogen and oxygen atoms in total. The van der Waals surface area contributed by atoms with Gasteiger partial charge in [-0.3, -0.25) is 0 Å². The summed E-state index contributed by atoms with van der Waals surface area (Å²) in [6.45, 7) is 1.99. The number of rotatable bonds is 3.